The molecule has 0 N–H and O–H groups in total. The largest absolute Gasteiger partial charge is 0.400 e. The smallest absolute Gasteiger partial charge is 0.254 e. The third-order valence-electron chi connectivity index (χ3n) is 5.92. The van der Waals surface area contributed by atoms with Crippen molar-refractivity contribution in [3.05, 3.63) is 62.5 Å². The molecule has 13 heteroatoms. The molecule has 2 aromatic heterocycles. The van der Waals surface area contributed by atoms with Gasteiger partial charge in [0.15, 0.2) is 5.01 Å². The number of hydrogen-bond donors (Lipinski definition) is 0. The zero-order valence-corrected chi connectivity index (χ0v) is 22.3. The van der Waals surface area contributed by atoms with Gasteiger partial charge in [0.25, 0.3) is 0 Å². The average Bonchev–Trinajstić information content (AvgIpc) is 3.36. The molecule has 188 valence electrons. The number of benzene rings is 2. The van der Waals surface area contributed by atoms with Crippen molar-refractivity contribution in [1.82, 2.24) is 20.0 Å². The van der Waals surface area contributed by atoms with Gasteiger partial charge in [0.1, 0.15) is 16.1 Å². The Morgan fingerprint density at radius 2 is 1.72 bits per heavy atom. The van der Waals surface area contributed by atoms with Crippen LogP contribution in [0.4, 0.5) is 13.2 Å². The standard InChI is InChI=1S/C23H16Cl3F3N4OS2/c1-2-36(34)19-17(20-30-31-21(35-20)22(9-10-22)23(27,28)29)32-33(16-8-7-14(25)11-15(16)26)18(19)12-3-5-13(24)6-4-12/h3-8,11H,2,9-10H2,1H3. The summed E-state index contributed by atoms with van der Waals surface area (Å²) in [6.45, 7) is 1.74. The van der Waals surface area contributed by atoms with E-state index in [1.54, 1.807) is 49.4 Å². The molecule has 0 spiro atoms. The van der Waals surface area contributed by atoms with Gasteiger partial charge >= 0.3 is 6.18 Å². The third-order valence-corrected chi connectivity index (χ3v) is 9.21. The highest BCUT2D eigenvalue weighted by Gasteiger charge is 2.66. The van der Waals surface area contributed by atoms with E-state index in [0.717, 1.165) is 11.3 Å². The van der Waals surface area contributed by atoms with Crippen molar-refractivity contribution >= 4 is 56.9 Å². The van der Waals surface area contributed by atoms with E-state index in [9.17, 15) is 17.4 Å². The molecule has 0 saturated heterocycles. The van der Waals surface area contributed by atoms with Gasteiger partial charge in [-0.25, -0.2) is 4.68 Å². The predicted octanol–water partition coefficient (Wildman–Crippen LogP) is 7.74. The van der Waals surface area contributed by atoms with E-state index in [-0.39, 0.29) is 39.3 Å². The number of hydrogen-bond acceptors (Lipinski definition) is 5. The fourth-order valence-electron chi connectivity index (χ4n) is 3.85. The summed E-state index contributed by atoms with van der Waals surface area (Å²) >= 11 is 19.5. The summed E-state index contributed by atoms with van der Waals surface area (Å²) in [5.41, 5.74) is -0.244. The molecule has 5 nitrogen and oxygen atoms in total. The first kappa shape index (κ1) is 25.7. The molecule has 2 heterocycles. The van der Waals surface area contributed by atoms with Crippen LogP contribution in [0.25, 0.3) is 27.6 Å². The lowest BCUT2D eigenvalue weighted by Crippen LogP contribution is -2.28. The van der Waals surface area contributed by atoms with Crippen molar-refractivity contribution in [2.24, 2.45) is 0 Å². The summed E-state index contributed by atoms with van der Waals surface area (Å²) in [7, 11) is -1.57. The van der Waals surface area contributed by atoms with Crippen LogP contribution in [0, 0.1) is 0 Å². The monoisotopic (exact) mass is 590 g/mol. The van der Waals surface area contributed by atoms with Crippen molar-refractivity contribution in [3.8, 4) is 27.6 Å². The fourth-order valence-corrected chi connectivity index (χ4v) is 6.69. The van der Waals surface area contributed by atoms with E-state index in [1.807, 2.05) is 0 Å². The van der Waals surface area contributed by atoms with Crippen molar-refractivity contribution in [2.75, 3.05) is 5.75 Å². The second-order valence-electron chi connectivity index (χ2n) is 8.17. The van der Waals surface area contributed by atoms with Crippen LogP contribution in [0.3, 0.4) is 0 Å². The molecule has 0 amide bonds. The fraction of sp³-hybridized carbons (Fsp3) is 0.261. The maximum absolute atomic E-state index is 13.7. The normalized spacial score (nSPS) is 15.8. The van der Waals surface area contributed by atoms with Crippen LogP contribution in [-0.4, -0.2) is 36.1 Å². The molecule has 36 heavy (non-hydrogen) atoms. The van der Waals surface area contributed by atoms with Crippen molar-refractivity contribution in [2.45, 2.75) is 36.3 Å². The summed E-state index contributed by atoms with van der Waals surface area (Å²) in [6.07, 6.45) is -4.50. The SMILES string of the molecule is CCS(=O)c1c(-c2nnc(C3(C(F)(F)F)CC3)s2)nn(-c2ccc(Cl)cc2Cl)c1-c1ccc(Cl)cc1. The third kappa shape index (κ3) is 4.36. The summed E-state index contributed by atoms with van der Waals surface area (Å²) in [4.78, 5) is 0.324. The first-order valence-electron chi connectivity index (χ1n) is 10.7. The molecule has 1 aliphatic carbocycles. The van der Waals surface area contributed by atoms with Crippen LogP contribution < -0.4 is 0 Å². The Morgan fingerprint density at radius 1 is 1.06 bits per heavy atom. The summed E-state index contributed by atoms with van der Waals surface area (Å²) in [5.74, 6) is 0.242. The molecule has 1 unspecified atom stereocenters. The summed E-state index contributed by atoms with van der Waals surface area (Å²) in [6, 6.07) is 11.7. The molecule has 0 bridgehead atoms. The Morgan fingerprint density at radius 3 is 2.31 bits per heavy atom. The lowest BCUT2D eigenvalue weighted by molar-refractivity contribution is -0.160. The van der Waals surface area contributed by atoms with E-state index >= 15 is 0 Å². The molecule has 1 atom stereocenters. The zero-order chi connectivity index (χ0) is 25.8. The van der Waals surface area contributed by atoms with E-state index in [4.69, 9.17) is 34.8 Å². The van der Waals surface area contributed by atoms with Crippen molar-refractivity contribution in [3.63, 3.8) is 0 Å². The Hall–Kier alpha value is -1.98. The molecule has 1 fully saturated rings. The molecule has 2 aromatic carbocycles. The maximum Gasteiger partial charge on any atom is 0.400 e. The number of nitrogens with zero attached hydrogens (tertiary/aromatic N) is 4. The maximum atomic E-state index is 13.7. The Labute approximate surface area is 225 Å². The van der Waals surface area contributed by atoms with Gasteiger partial charge in [-0.15, -0.1) is 10.2 Å². The van der Waals surface area contributed by atoms with Gasteiger partial charge in [-0.1, -0.05) is 65.2 Å². The topological polar surface area (TPSA) is 60.7 Å². The zero-order valence-electron chi connectivity index (χ0n) is 18.4. The minimum absolute atomic E-state index is 0.0380. The highest BCUT2D eigenvalue weighted by Crippen LogP contribution is 2.60. The first-order valence-corrected chi connectivity index (χ1v) is 14.0. The number of alkyl halides is 3. The molecule has 1 saturated carbocycles. The van der Waals surface area contributed by atoms with E-state index in [0.29, 0.717) is 31.9 Å². The lowest BCUT2D eigenvalue weighted by Gasteiger charge is -2.15. The van der Waals surface area contributed by atoms with Crippen LogP contribution in [0.5, 0.6) is 0 Å². The van der Waals surface area contributed by atoms with E-state index in [1.165, 1.54) is 4.68 Å². The van der Waals surface area contributed by atoms with Gasteiger partial charge in [0.05, 0.1) is 32.1 Å². The number of rotatable bonds is 6. The Kier molecular flexibility index (Phi) is 6.70. The number of halogens is 6. The van der Waals surface area contributed by atoms with Crippen LogP contribution in [0.1, 0.15) is 24.8 Å². The summed E-state index contributed by atoms with van der Waals surface area (Å²) in [5, 5.41) is 13.9. The van der Waals surface area contributed by atoms with Gasteiger partial charge in [0.2, 0.25) is 0 Å². The van der Waals surface area contributed by atoms with E-state index < -0.39 is 22.4 Å². The molecule has 1 aliphatic rings. The minimum atomic E-state index is -4.43. The Balaban J connectivity index is 1.77. The molecule has 0 radical (unpaired) electrons. The van der Waals surface area contributed by atoms with Crippen LogP contribution in [0.2, 0.25) is 15.1 Å². The van der Waals surface area contributed by atoms with Gasteiger partial charge in [0, 0.05) is 21.4 Å². The van der Waals surface area contributed by atoms with Crippen LogP contribution >= 0.6 is 46.1 Å². The quantitative estimate of drug-likeness (QED) is 0.230. The second-order valence-corrected chi connectivity index (χ2v) is 12.1. The first-order chi connectivity index (χ1) is 17.1. The minimum Gasteiger partial charge on any atom is -0.254 e. The number of aromatic nitrogens is 4. The second kappa shape index (κ2) is 9.40. The Bertz CT molecular complexity index is 1480. The molecule has 5 rings (SSSR count). The van der Waals surface area contributed by atoms with Gasteiger partial charge in [-0.05, 0) is 43.2 Å². The lowest BCUT2D eigenvalue weighted by atomic mass is 10.1. The van der Waals surface area contributed by atoms with Gasteiger partial charge in [-0.2, -0.15) is 18.3 Å². The molecular weight excluding hydrogens is 576 g/mol. The highest BCUT2D eigenvalue weighted by atomic mass is 35.5. The van der Waals surface area contributed by atoms with Crippen molar-refractivity contribution in [1.29, 1.82) is 0 Å². The molecule has 4 aromatic rings. The van der Waals surface area contributed by atoms with Crippen LogP contribution in [-0.2, 0) is 16.2 Å². The summed E-state index contributed by atoms with van der Waals surface area (Å²) < 4.78 is 56.0. The van der Waals surface area contributed by atoms with Gasteiger partial charge < -0.3 is 0 Å². The average molecular weight is 592 g/mol. The highest BCUT2D eigenvalue weighted by molar-refractivity contribution is 7.85. The van der Waals surface area contributed by atoms with Crippen LogP contribution in [0.15, 0.2) is 47.4 Å². The van der Waals surface area contributed by atoms with Crippen molar-refractivity contribution < 1.29 is 17.4 Å². The van der Waals surface area contributed by atoms with E-state index in [2.05, 4.69) is 15.3 Å². The molecule has 0 aliphatic heterocycles. The predicted molar refractivity (Wildman–Crippen MR) is 137 cm³/mol. The van der Waals surface area contributed by atoms with Gasteiger partial charge in [-0.3, -0.25) is 4.21 Å². The molecular formula is C23H16Cl3F3N4OS2.